The monoisotopic (exact) mass is 460 g/mol. The number of aliphatic hydroxyl groups is 1. The number of β-amino-alcohol motifs (C(OH)–C–C–N with tert-alkyl or cyclic N) is 1. The summed E-state index contributed by atoms with van der Waals surface area (Å²) >= 11 is 5.59. The fourth-order valence-electron chi connectivity index (χ4n) is 4.29. The van der Waals surface area contributed by atoms with Crippen LogP contribution in [0.1, 0.15) is 42.5 Å². The van der Waals surface area contributed by atoms with E-state index >= 15 is 0 Å². The molecular weight excluding hydrogens is 432 g/mol. The third-order valence-corrected chi connectivity index (χ3v) is 7.68. The van der Waals surface area contributed by atoms with Crippen LogP contribution in [-0.4, -0.2) is 54.2 Å². The van der Waals surface area contributed by atoms with E-state index in [1.807, 2.05) is 11.8 Å². The molecule has 2 aromatic rings. The summed E-state index contributed by atoms with van der Waals surface area (Å²) in [7, 11) is 0. The molecule has 0 saturated carbocycles. The van der Waals surface area contributed by atoms with Gasteiger partial charge in [0.25, 0.3) is 0 Å². The number of fused-ring (bicyclic) bond motifs is 2. The minimum absolute atomic E-state index is 0.252. The number of benzene rings is 2. The molecule has 28 heavy (non-hydrogen) atoms. The third kappa shape index (κ3) is 4.34. The van der Waals surface area contributed by atoms with Crippen LogP contribution in [0.25, 0.3) is 0 Å². The first-order chi connectivity index (χ1) is 13.5. The quantitative estimate of drug-likeness (QED) is 0.699. The van der Waals surface area contributed by atoms with E-state index in [1.54, 1.807) is 0 Å². The van der Waals surface area contributed by atoms with E-state index < -0.39 is 0 Å². The Balaban J connectivity index is 1.70. The molecule has 0 radical (unpaired) electrons. The van der Waals surface area contributed by atoms with Gasteiger partial charge in [-0.05, 0) is 53.3 Å². The van der Waals surface area contributed by atoms with E-state index in [-0.39, 0.29) is 6.61 Å². The van der Waals surface area contributed by atoms with Gasteiger partial charge in [-0.2, -0.15) is 0 Å². The van der Waals surface area contributed by atoms with Crippen LogP contribution in [-0.2, 0) is 6.42 Å². The Hall–Kier alpha value is -0.850. The maximum absolute atomic E-state index is 9.26. The van der Waals surface area contributed by atoms with E-state index in [9.17, 15) is 5.11 Å². The van der Waals surface area contributed by atoms with Gasteiger partial charge < -0.3 is 5.11 Å². The molecule has 0 bridgehead atoms. The molecule has 2 heterocycles. The zero-order chi connectivity index (χ0) is 19.7. The van der Waals surface area contributed by atoms with Crippen molar-refractivity contribution in [1.82, 2.24) is 9.80 Å². The Morgan fingerprint density at radius 2 is 1.82 bits per heavy atom. The van der Waals surface area contributed by atoms with Crippen LogP contribution in [0.5, 0.6) is 0 Å². The molecule has 1 unspecified atom stereocenters. The predicted octanol–water partition coefficient (Wildman–Crippen LogP) is 4.93. The summed E-state index contributed by atoms with van der Waals surface area (Å²) in [4.78, 5) is 7.81. The van der Waals surface area contributed by atoms with Crippen molar-refractivity contribution in [2.75, 3.05) is 39.3 Å². The Kier molecular flexibility index (Phi) is 6.48. The van der Waals surface area contributed by atoms with Gasteiger partial charge in [-0.15, -0.1) is 0 Å². The maximum Gasteiger partial charge on any atom is 0.0558 e. The smallest absolute Gasteiger partial charge is 0.0558 e. The van der Waals surface area contributed by atoms with Crippen LogP contribution >= 0.6 is 27.7 Å². The fourth-order valence-corrected chi connectivity index (χ4v) is 5.79. The van der Waals surface area contributed by atoms with Gasteiger partial charge >= 0.3 is 0 Å². The molecule has 3 nitrogen and oxygen atoms in total. The van der Waals surface area contributed by atoms with Gasteiger partial charge in [-0.1, -0.05) is 53.7 Å². The number of hydrogen-bond acceptors (Lipinski definition) is 4. The molecule has 150 valence electrons. The highest BCUT2D eigenvalue weighted by molar-refractivity contribution is 9.10. The van der Waals surface area contributed by atoms with Crippen LogP contribution < -0.4 is 0 Å². The lowest BCUT2D eigenvalue weighted by molar-refractivity contribution is 0.0823. The molecule has 0 spiro atoms. The number of halogens is 1. The summed E-state index contributed by atoms with van der Waals surface area (Å²) in [6, 6.07) is 14.2. The molecule has 2 aliphatic heterocycles. The number of rotatable bonds is 4. The first-order valence-electron chi connectivity index (χ1n) is 10.2. The van der Waals surface area contributed by atoms with Crippen molar-refractivity contribution in [3.63, 3.8) is 0 Å². The second-order valence-corrected chi connectivity index (χ2v) is 10.1. The predicted molar refractivity (Wildman–Crippen MR) is 120 cm³/mol. The van der Waals surface area contributed by atoms with Crippen LogP contribution in [0.2, 0.25) is 0 Å². The Morgan fingerprint density at radius 1 is 1.07 bits per heavy atom. The van der Waals surface area contributed by atoms with Crippen molar-refractivity contribution in [2.45, 2.75) is 42.0 Å². The summed E-state index contributed by atoms with van der Waals surface area (Å²) in [5, 5.41) is 9.26. The van der Waals surface area contributed by atoms with Gasteiger partial charge in [0.05, 0.1) is 6.61 Å². The number of hydrogen-bond donors (Lipinski definition) is 1. The first kappa shape index (κ1) is 20.4. The first-order valence-corrected chi connectivity index (χ1v) is 11.8. The Morgan fingerprint density at radius 3 is 2.54 bits per heavy atom. The van der Waals surface area contributed by atoms with Crippen molar-refractivity contribution in [3.05, 3.63) is 57.6 Å². The summed E-state index contributed by atoms with van der Waals surface area (Å²) in [6.07, 6.45) is 1.05. The van der Waals surface area contributed by atoms with Crippen LogP contribution in [0, 0.1) is 0 Å². The Bertz CT molecular complexity index is 833. The highest BCUT2D eigenvalue weighted by atomic mass is 79.9. The van der Waals surface area contributed by atoms with Crippen molar-refractivity contribution < 1.29 is 5.11 Å². The molecule has 1 fully saturated rings. The maximum atomic E-state index is 9.26. The fraction of sp³-hybridized carbons (Fsp3) is 0.478. The second-order valence-electron chi connectivity index (χ2n) is 8.13. The van der Waals surface area contributed by atoms with Crippen molar-refractivity contribution in [2.24, 2.45) is 0 Å². The van der Waals surface area contributed by atoms with Gasteiger partial charge in [0, 0.05) is 53.0 Å². The molecule has 1 atom stereocenters. The average Bonchev–Trinajstić information content (AvgIpc) is 2.84. The summed E-state index contributed by atoms with van der Waals surface area (Å²) in [6.45, 7) is 9.79. The molecule has 0 aromatic heterocycles. The second kappa shape index (κ2) is 8.88. The highest BCUT2D eigenvalue weighted by Crippen LogP contribution is 2.44. The molecule has 4 rings (SSSR count). The third-order valence-electron chi connectivity index (χ3n) is 5.98. The minimum atomic E-state index is 0.252. The van der Waals surface area contributed by atoms with Crippen LogP contribution in [0.15, 0.2) is 50.7 Å². The number of nitrogens with zero attached hydrogens (tertiary/aromatic N) is 2. The largest absolute Gasteiger partial charge is 0.395 e. The highest BCUT2D eigenvalue weighted by Gasteiger charge is 2.30. The molecule has 1 saturated heterocycles. The molecule has 5 heteroatoms. The van der Waals surface area contributed by atoms with E-state index in [4.69, 9.17) is 0 Å². The van der Waals surface area contributed by atoms with Crippen molar-refractivity contribution in [3.8, 4) is 0 Å². The zero-order valence-corrected chi connectivity index (χ0v) is 19.1. The minimum Gasteiger partial charge on any atom is -0.395 e. The topological polar surface area (TPSA) is 26.7 Å². The van der Waals surface area contributed by atoms with E-state index in [0.717, 1.165) is 43.6 Å². The molecule has 1 N–H and O–H groups in total. The summed E-state index contributed by atoms with van der Waals surface area (Å²) in [5.41, 5.74) is 4.35. The van der Waals surface area contributed by atoms with E-state index in [0.29, 0.717) is 12.0 Å². The lowest BCUT2D eigenvalue weighted by Gasteiger charge is -2.39. The van der Waals surface area contributed by atoms with Crippen molar-refractivity contribution in [1.29, 1.82) is 0 Å². The van der Waals surface area contributed by atoms with E-state index in [2.05, 4.69) is 76.0 Å². The van der Waals surface area contributed by atoms with Gasteiger partial charge in [0.1, 0.15) is 0 Å². The van der Waals surface area contributed by atoms with Crippen LogP contribution in [0.3, 0.4) is 0 Å². The summed E-state index contributed by atoms with van der Waals surface area (Å²) in [5.74, 6) is 0.539. The molecular formula is C23H29BrN2OS. The average molecular weight is 461 g/mol. The zero-order valence-electron chi connectivity index (χ0n) is 16.7. The van der Waals surface area contributed by atoms with Gasteiger partial charge in [-0.3, -0.25) is 9.80 Å². The van der Waals surface area contributed by atoms with Gasteiger partial charge in [-0.25, -0.2) is 0 Å². The van der Waals surface area contributed by atoms with Crippen LogP contribution in [0.4, 0.5) is 0 Å². The van der Waals surface area contributed by atoms with Gasteiger partial charge in [0.15, 0.2) is 0 Å². The lowest BCUT2D eigenvalue weighted by Crippen LogP contribution is -2.48. The number of piperazine rings is 1. The summed E-state index contributed by atoms with van der Waals surface area (Å²) < 4.78 is 1.16. The molecule has 2 aromatic carbocycles. The van der Waals surface area contributed by atoms with E-state index in [1.165, 1.54) is 26.5 Å². The molecule has 2 aliphatic rings. The van der Waals surface area contributed by atoms with Gasteiger partial charge in [0.2, 0.25) is 0 Å². The number of aliphatic hydroxyl groups excluding tert-OH is 1. The molecule has 0 amide bonds. The van der Waals surface area contributed by atoms with Crippen molar-refractivity contribution >= 4 is 27.7 Å². The normalized spacial score (nSPS) is 20.7. The standard InChI is InChI=1S/C23H29BrN2OS/c1-16(2)17-3-5-23-20(14-17)21(26-9-7-25(8-10-26)11-12-27)15-18-13-19(24)4-6-22(18)28-23/h3-6,13-14,16,21,27H,7-12,15H2,1-2H3. The lowest BCUT2D eigenvalue weighted by atomic mass is 9.93. The Labute approximate surface area is 181 Å². The SMILES string of the molecule is CC(C)c1ccc2c(c1)C(N1CCN(CCO)CC1)Cc1cc(Br)ccc1S2. The molecule has 0 aliphatic carbocycles.